The van der Waals surface area contributed by atoms with E-state index in [0.717, 1.165) is 30.2 Å². The molecule has 0 amide bonds. The number of aliphatic carboxylic acids is 1. The molecule has 1 aliphatic heterocycles. The van der Waals surface area contributed by atoms with Gasteiger partial charge in [-0.2, -0.15) is 11.8 Å². The van der Waals surface area contributed by atoms with Crippen molar-refractivity contribution in [3.63, 3.8) is 0 Å². The number of aliphatic hydroxyl groups is 1. The Hall–Kier alpha value is -1.35. The van der Waals surface area contributed by atoms with Crippen molar-refractivity contribution in [2.75, 3.05) is 12.9 Å². The first-order chi connectivity index (χ1) is 13.5. The smallest absolute Gasteiger partial charge is 0.321 e. The fraction of sp³-hybridized carbons (Fsp3) is 0.714. The lowest BCUT2D eigenvalue weighted by Crippen LogP contribution is -2.40. The summed E-state index contributed by atoms with van der Waals surface area (Å²) in [6.45, 7) is 7.47. The van der Waals surface area contributed by atoms with Crippen LogP contribution in [0.2, 0.25) is 0 Å². The first-order valence-corrected chi connectivity index (χ1v) is 10.9. The van der Waals surface area contributed by atoms with Crippen LogP contribution in [0.3, 0.4) is 0 Å². The molecule has 0 aliphatic carbocycles. The van der Waals surface area contributed by atoms with Gasteiger partial charge in [-0.25, -0.2) is 0 Å². The molecule has 0 saturated heterocycles. The summed E-state index contributed by atoms with van der Waals surface area (Å²) >= 11 is 1.15. The average molecular weight is 430 g/mol. The Bertz CT molecular complexity index is 618. The Morgan fingerprint density at radius 2 is 2.14 bits per heavy atom. The fourth-order valence-electron chi connectivity index (χ4n) is 2.98. The molecule has 0 aromatic rings. The Morgan fingerprint density at radius 1 is 1.48 bits per heavy atom. The number of nitrogens with two attached hydrogens (primary N) is 1. The average Bonchev–Trinajstić information content (AvgIpc) is 2.63. The molecule has 7 nitrogen and oxygen atoms in total. The number of cyclic esters (lactones) is 1. The lowest BCUT2D eigenvalue weighted by Gasteiger charge is -2.31. The van der Waals surface area contributed by atoms with E-state index in [1.807, 2.05) is 20.8 Å². The van der Waals surface area contributed by atoms with Gasteiger partial charge in [-0.3, -0.25) is 9.59 Å². The normalized spacial score (nSPS) is 34.4. The zero-order chi connectivity index (χ0) is 22.2. The Labute approximate surface area is 177 Å². The first-order valence-electron chi connectivity index (χ1n) is 9.88. The van der Waals surface area contributed by atoms with Crippen LogP contribution in [-0.2, 0) is 19.1 Å². The number of esters is 1. The maximum atomic E-state index is 12.5. The maximum Gasteiger partial charge on any atom is 0.321 e. The van der Waals surface area contributed by atoms with Gasteiger partial charge in [-0.15, -0.1) is 0 Å². The van der Waals surface area contributed by atoms with Gasteiger partial charge in [0, 0.05) is 18.1 Å². The van der Waals surface area contributed by atoms with E-state index < -0.39 is 28.8 Å². The van der Waals surface area contributed by atoms with Crippen molar-refractivity contribution in [3.05, 3.63) is 23.8 Å². The van der Waals surface area contributed by atoms with Crippen LogP contribution in [0, 0.1) is 5.92 Å². The molecule has 0 bridgehead atoms. The predicted octanol–water partition coefficient (Wildman–Crippen LogP) is 2.52. The highest BCUT2D eigenvalue weighted by Crippen LogP contribution is 2.30. The van der Waals surface area contributed by atoms with Crippen LogP contribution in [0.5, 0.6) is 0 Å². The van der Waals surface area contributed by atoms with E-state index in [9.17, 15) is 14.7 Å². The molecular formula is C21H35NO6S. The van der Waals surface area contributed by atoms with Crippen LogP contribution in [0.25, 0.3) is 0 Å². The summed E-state index contributed by atoms with van der Waals surface area (Å²) in [5, 5.41) is 19.5. The number of allylic oxidation sites excluding steroid dienone is 1. The zero-order valence-corrected chi connectivity index (χ0v) is 18.8. The summed E-state index contributed by atoms with van der Waals surface area (Å²) in [7, 11) is 1.60. The van der Waals surface area contributed by atoms with E-state index >= 15 is 0 Å². The summed E-state index contributed by atoms with van der Waals surface area (Å²) < 4.78 is 11.1. The van der Waals surface area contributed by atoms with Crippen molar-refractivity contribution in [1.82, 2.24) is 0 Å². The topological polar surface area (TPSA) is 119 Å². The predicted molar refractivity (Wildman–Crippen MR) is 115 cm³/mol. The van der Waals surface area contributed by atoms with Crippen LogP contribution in [-0.4, -0.2) is 64.1 Å². The lowest BCUT2D eigenvalue weighted by atomic mass is 9.95. The van der Waals surface area contributed by atoms with Gasteiger partial charge in [0.25, 0.3) is 0 Å². The second-order valence-corrected chi connectivity index (χ2v) is 9.15. The largest absolute Gasteiger partial charge is 0.480 e. The van der Waals surface area contributed by atoms with E-state index in [-0.39, 0.29) is 30.3 Å². The van der Waals surface area contributed by atoms with Crippen molar-refractivity contribution in [2.45, 2.75) is 76.1 Å². The van der Waals surface area contributed by atoms with Gasteiger partial charge >= 0.3 is 11.9 Å². The summed E-state index contributed by atoms with van der Waals surface area (Å²) in [5.74, 6) is -1.31. The van der Waals surface area contributed by atoms with E-state index in [0.29, 0.717) is 0 Å². The molecule has 166 valence electrons. The third-order valence-electron chi connectivity index (χ3n) is 5.32. The van der Waals surface area contributed by atoms with Crippen LogP contribution in [0.15, 0.2) is 23.8 Å². The summed E-state index contributed by atoms with van der Waals surface area (Å²) in [6, 6.07) is -1.08. The molecule has 6 atom stereocenters. The molecule has 1 rings (SSSR count). The molecule has 0 saturated carbocycles. The summed E-state index contributed by atoms with van der Waals surface area (Å²) in [5.41, 5.74) is 5.25. The number of methoxy groups -OCH3 is 1. The quantitative estimate of drug-likeness (QED) is 0.451. The third kappa shape index (κ3) is 8.50. The number of ether oxygens (including phenoxy) is 2. The van der Waals surface area contributed by atoms with Crippen LogP contribution in [0.1, 0.15) is 47.0 Å². The van der Waals surface area contributed by atoms with Gasteiger partial charge in [0.15, 0.2) is 0 Å². The molecule has 0 spiro atoms. The highest BCUT2D eigenvalue weighted by atomic mass is 32.2. The monoisotopic (exact) mass is 429 g/mol. The van der Waals surface area contributed by atoms with E-state index in [1.165, 1.54) is 0 Å². The third-order valence-corrected chi connectivity index (χ3v) is 6.91. The highest BCUT2D eigenvalue weighted by Gasteiger charge is 2.34. The van der Waals surface area contributed by atoms with E-state index in [2.05, 4.69) is 6.08 Å². The van der Waals surface area contributed by atoms with Gasteiger partial charge in [0.2, 0.25) is 0 Å². The van der Waals surface area contributed by atoms with Crippen LogP contribution < -0.4 is 5.73 Å². The van der Waals surface area contributed by atoms with Gasteiger partial charge < -0.3 is 25.4 Å². The number of hydrogen-bond donors (Lipinski definition) is 3. The number of carboxylic acids is 1. The molecule has 0 radical (unpaired) electrons. The van der Waals surface area contributed by atoms with Gasteiger partial charge in [0.05, 0.1) is 18.1 Å². The molecule has 29 heavy (non-hydrogen) atoms. The van der Waals surface area contributed by atoms with Crippen molar-refractivity contribution < 1.29 is 29.3 Å². The van der Waals surface area contributed by atoms with Gasteiger partial charge in [-0.1, -0.05) is 25.2 Å². The van der Waals surface area contributed by atoms with Crippen LogP contribution in [0.4, 0.5) is 0 Å². The Balaban J connectivity index is 3.17. The maximum absolute atomic E-state index is 12.5. The number of thioether (sulfide) groups is 1. The second kappa shape index (κ2) is 11.7. The standard InChI is InChI=1S/C21H35NO6S/c1-13-7-6-8-14(2)17(27-5)9-10-21(4,26)18(11-19(23)28-15(13)3)29-12-16(22)20(24)25/h8-10,13,15-18,26H,6-7,11-12,22H2,1-5H3,(H,24,25)/b10-9+,14-8?/t13-,15-,16+,17-,18-,21+/m1/s1. The van der Waals surface area contributed by atoms with Crippen LogP contribution >= 0.6 is 11.8 Å². The molecular weight excluding hydrogens is 394 g/mol. The summed E-state index contributed by atoms with van der Waals surface area (Å²) in [4.78, 5) is 23.5. The molecule has 0 aromatic carbocycles. The Morgan fingerprint density at radius 3 is 2.72 bits per heavy atom. The Kier molecular flexibility index (Phi) is 10.4. The number of carboxylic acid groups (broad SMARTS) is 1. The minimum absolute atomic E-state index is 0.0577. The van der Waals surface area contributed by atoms with E-state index in [4.69, 9.17) is 20.3 Å². The molecule has 0 aromatic heterocycles. The lowest BCUT2D eigenvalue weighted by molar-refractivity contribution is -0.151. The number of hydrogen-bond acceptors (Lipinski definition) is 7. The first kappa shape index (κ1) is 25.7. The summed E-state index contributed by atoms with van der Waals surface area (Å²) in [6.07, 6.45) is 6.56. The molecule has 0 unspecified atom stereocenters. The molecule has 0 fully saturated rings. The highest BCUT2D eigenvalue weighted by molar-refractivity contribution is 8.00. The molecule has 1 heterocycles. The number of carbonyl (C=O) groups is 2. The minimum Gasteiger partial charge on any atom is -0.480 e. The van der Waals surface area contributed by atoms with Crippen molar-refractivity contribution in [3.8, 4) is 0 Å². The van der Waals surface area contributed by atoms with Crippen molar-refractivity contribution in [1.29, 1.82) is 0 Å². The van der Waals surface area contributed by atoms with Gasteiger partial charge in [-0.05, 0) is 45.1 Å². The zero-order valence-electron chi connectivity index (χ0n) is 18.0. The SMILES string of the molecule is CO[C@@H]1/C=C/[C@](C)(O)[C@H](SC[C@H](N)C(=O)O)CC(=O)O[C@H](C)[C@H](C)CCC=C1C. The molecule has 4 N–H and O–H groups in total. The minimum atomic E-state index is -1.39. The number of rotatable bonds is 5. The second-order valence-electron chi connectivity index (χ2n) is 7.91. The molecule has 1 aliphatic rings. The van der Waals surface area contributed by atoms with Gasteiger partial charge in [0.1, 0.15) is 12.1 Å². The molecule has 8 heteroatoms. The fourth-order valence-corrected chi connectivity index (χ4v) is 4.23. The van der Waals surface area contributed by atoms with Crippen molar-refractivity contribution in [2.24, 2.45) is 11.7 Å². The number of carbonyl (C=O) groups excluding carboxylic acids is 1. The van der Waals surface area contributed by atoms with E-state index in [1.54, 1.807) is 26.2 Å². The van der Waals surface area contributed by atoms with Crippen molar-refractivity contribution >= 4 is 23.7 Å².